The van der Waals surface area contributed by atoms with Crippen LogP contribution < -0.4 is 10.5 Å². The molecule has 0 aliphatic carbocycles. The van der Waals surface area contributed by atoms with Crippen molar-refractivity contribution in [3.05, 3.63) is 29.8 Å². The normalized spacial score (nSPS) is 12.7. The van der Waals surface area contributed by atoms with E-state index in [1.165, 1.54) is 6.07 Å². The molecule has 0 unspecified atom stereocenters. The van der Waals surface area contributed by atoms with Gasteiger partial charge in [-0.15, -0.1) is 0 Å². The van der Waals surface area contributed by atoms with Crippen molar-refractivity contribution < 1.29 is 8.42 Å². The first-order chi connectivity index (χ1) is 8.18. The van der Waals surface area contributed by atoms with Gasteiger partial charge in [-0.3, -0.25) is 0 Å². The molecule has 0 saturated heterocycles. The van der Waals surface area contributed by atoms with Gasteiger partial charge in [0.05, 0.1) is 4.90 Å². The lowest BCUT2D eigenvalue weighted by molar-refractivity contribution is 0.366. The molecule has 102 valence electrons. The van der Waals surface area contributed by atoms with E-state index in [0.29, 0.717) is 12.0 Å². The second-order valence-electron chi connectivity index (χ2n) is 5.68. The summed E-state index contributed by atoms with van der Waals surface area (Å²) in [5.74, 6) is 0. The molecule has 0 fully saturated rings. The third-order valence-corrected chi connectivity index (χ3v) is 3.52. The average Bonchev–Trinajstić information content (AvgIpc) is 2.22. The zero-order valence-electron chi connectivity index (χ0n) is 11.2. The molecule has 0 radical (unpaired) electrons. The summed E-state index contributed by atoms with van der Waals surface area (Å²) in [5, 5.41) is 8.39. The molecule has 5 heteroatoms. The van der Waals surface area contributed by atoms with Crippen LogP contribution in [0.15, 0.2) is 29.2 Å². The number of rotatable bonds is 5. The first-order valence-electron chi connectivity index (χ1n) is 6.01. The smallest absolute Gasteiger partial charge is 0.238 e. The Kier molecular flexibility index (Phi) is 4.90. The number of primary sulfonamides is 1. The Hall–Kier alpha value is -0.910. The highest BCUT2D eigenvalue weighted by Gasteiger charge is 2.10. The minimum Gasteiger partial charge on any atom is -0.313 e. The summed E-state index contributed by atoms with van der Waals surface area (Å²) >= 11 is 0. The van der Waals surface area contributed by atoms with Crippen LogP contribution in [0.25, 0.3) is 0 Å². The van der Waals surface area contributed by atoms with E-state index in [9.17, 15) is 8.42 Å². The monoisotopic (exact) mass is 270 g/mol. The summed E-state index contributed by atoms with van der Waals surface area (Å²) < 4.78 is 22.4. The molecule has 1 aromatic carbocycles. The number of hydrogen-bond donors (Lipinski definition) is 2. The quantitative estimate of drug-likeness (QED) is 0.802. The van der Waals surface area contributed by atoms with Crippen molar-refractivity contribution in [3.63, 3.8) is 0 Å². The fourth-order valence-corrected chi connectivity index (χ4v) is 2.11. The Bertz CT molecular complexity index is 490. The van der Waals surface area contributed by atoms with Crippen LogP contribution in [0.2, 0.25) is 0 Å². The fraction of sp³-hybridized carbons (Fsp3) is 0.538. The molecule has 0 aliphatic rings. The van der Waals surface area contributed by atoms with Gasteiger partial charge in [0.25, 0.3) is 0 Å². The molecular formula is C13H22N2O2S. The Balaban J connectivity index is 2.54. The van der Waals surface area contributed by atoms with Gasteiger partial charge in [0.15, 0.2) is 0 Å². The molecule has 0 heterocycles. The van der Waals surface area contributed by atoms with Crippen molar-refractivity contribution in [2.24, 2.45) is 10.6 Å². The van der Waals surface area contributed by atoms with Crippen LogP contribution >= 0.6 is 0 Å². The first kappa shape index (κ1) is 15.1. The summed E-state index contributed by atoms with van der Waals surface area (Å²) in [6.45, 7) is 8.13. The third-order valence-electron chi connectivity index (χ3n) is 2.61. The zero-order valence-corrected chi connectivity index (χ0v) is 12.0. The molecule has 18 heavy (non-hydrogen) atoms. The van der Waals surface area contributed by atoms with Crippen LogP contribution in [0.4, 0.5) is 0 Å². The molecule has 0 atom stereocenters. The van der Waals surface area contributed by atoms with Crippen molar-refractivity contribution in [1.29, 1.82) is 0 Å². The lowest BCUT2D eigenvalue weighted by atomic mass is 9.92. The molecule has 1 rings (SSSR count). The lowest BCUT2D eigenvalue weighted by Gasteiger charge is -2.18. The highest BCUT2D eigenvalue weighted by atomic mass is 32.2. The van der Waals surface area contributed by atoms with Crippen molar-refractivity contribution in [3.8, 4) is 0 Å². The van der Waals surface area contributed by atoms with Crippen LogP contribution in [0.5, 0.6) is 0 Å². The maximum atomic E-state index is 11.2. The van der Waals surface area contributed by atoms with Crippen LogP contribution in [0.3, 0.4) is 0 Å². The number of nitrogens with one attached hydrogen (secondary N) is 1. The molecule has 3 N–H and O–H groups in total. The summed E-state index contributed by atoms with van der Waals surface area (Å²) in [6.07, 6.45) is 1.07. The Morgan fingerprint density at radius 3 is 2.50 bits per heavy atom. The molecule has 0 aromatic heterocycles. The van der Waals surface area contributed by atoms with Gasteiger partial charge in [-0.05, 0) is 36.1 Å². The van der Waals surface area contributed by atoms with Gasteiger partial charge < -0.3 is 5.32 Å². The van der Waals surface area contributed by atoms with Gasteiger partial charge in [0.2, 0.25) is 10.0 Å². The largest absolute Gasteiger partial charge is 0.313 e. The summed E-state index contributed by atoms with van der Waals surface area (Å²) in [6, 6.07) is 6.71. The van der Waals surface area contributed by atoms with Crippen LogP contribution in [-0.4, -0.2) is 15.0 Å². The van der Waals surface area contributed by atoms with Crippen molar-refractivity contribution in [2.75, 3.05) is 6.54 Å². The maximum absolute atomic E-state index is 11.2. The Morgan fingerprint density at radius 1 is 1.28 bits per heavy atom. The number of hydrogen-bond acceptors (Lipinski definition) is 3. The van der Waals surface area contributed by atoms with Gasteiger partial charge in [-0.25, -0.2) is 13.6 Å². The van der Waals surface area contributed by atoms with E-state index in [1.807, 2.05) is 6.07 Å². The second-order valence-corrected chi connectivity index (χ2v) is 7.24. The number of nitrogens with two attached hydrogens (primary N) is 1. The second kappa shape index (κ2) is 5.82. The van der Waals surface area contributed by atoms with E-state index < -0.39 is 10.0 Å². The van der Waals surface area contributed by atoms with Crippen molar-refractivity contribution in [2.45, 2.75) is 38.6 Å². The highest BCUT2D eigenvalue weighted by molar-refractivity contribution is 7.89. The van der Waals surface area contributed by atoms with E-state index in [1.54, 1.807) is 12.1 Å². The minimum absolute atomic E-state index is 0.164. The Labute approximate surface area is 110 Å². The van der Waals surface area contributed by atoms with E-state index in [-0.39, 0.29) is 4.90 Å². The lowest BCUT2D eigenvalue weighted by Crippen LogP contribution is -2.20. The number of sulfonamides is 1. The molecule has 1 aromatic rings. The van der Waals surface area contributed by atoms with Gasteiger partial charge in [-0.2, -0.15) is 0 Å². The van der Waals surface area contributed by atoms with Gasteiger partial charge in [0, 0.05) is 6.54 Å². The molecule has 0 bridgehead atoms. The molecule has 0 saturated carbocycles. The van der Waals surface area contributed by atoms with Crippen LogP contribution in [-0.2, 0) is 16.6 Å². The number of benzene rings is 1. The third kappa shape index (κ3) is 5.62. The maximum Gasteiger partial charge on any atom is 0.238 e. The minimum atomic E-state index is -3.61. The van der Waals surface area contributed by atoms with E-state index in [4.69, 9.17) is 5.14 Å². The standard InChI is InChI=1S/C13H22N2O2S/c1-13(2,3)7-8-15-10-11-5-4-6-12(9-11)18(14,16)17/h4-6,9,15H,7-8,10H2,1-3H3,(H2,14,16,17). The molecule has 4 nitrogen and oxygen atoms in total. The summed E-state index contributed by atoms with van der Waals surface area (Å²) in [5.41, 5.74) is 1.23. The van der Waals surface area contributed by atoms with Gasteiger partial charge >= 0.3 is 0 Å². The van der Waals surface area contributed by atoms with Crippen molar-refractivity contribution in [1.82, 2.24) is 5.32 Å². The first-order valence-corrected chi connectivity index (χ1v) is 7.56. The SMILES string of the molecule is CC(C)(C)CCNCc1cccc(S(N)(=O)=O)c1. The summed E-state index contributed by atoms with van der Waals surface area (Å²) in [7, 11) is -3.61. The molecular weight excluding hydrogens is 248 g/mol. The van der Waals surface area contributed by atoms with E-state index in [2.05, 4.69) is 26.1 Å². The average molecular weight is 270 g/mol. The van der Waals surface area contributed by atoms with Crippen LogP contribution in [0.1, 0.15) is 32.8 Å². The molecule has 0 spiro atoms. The highest BCUT2D eigenvalue weighted by Crippen LogP contribution is 2.17. The molecule has 0 amide bonds. The fourth-order valence-electron chi connectivity index (χ4n) is 1.53. The summed E-state index contributed by atoms with van der Waals surface area (Å²) in [4.78, 5) is 0.164. The van der Waals surface area contributed by atoms with E-state index in [0.717, 1.165) is 18.5 Å². The zero-order chi connectivity index (χ0) is 13.8. The molecule has 0 aliphatic heterocycles. The van der Waals surface area contributed by atoms with Gasteiger partial charge in [0.1, 0.15) is 0 Å². The van der Waals surface area contributed by atoms with Crippen molar-refractivity contribution >= 4 is 10.0 Å². The topological polar surface area (TPSA) is 72.2 Å². The Morgan fingerprint density at radius 2 is 1.94 bits per heavy atom. The van der Waals surface area contributed by atoms with Crippen LogP contribution in [0, 0.1) is 5.41 Å². The predicted octanol–water partition coefficient (Wildman–Crippen LogP) is 1.86. The van der Waals surface area contributed by atoms with Gasteiger partial charge in [-0.1, -0.05) is 32.9 Å². The van der Waals surface area contributed by atoms with E-state index >= 15 is 0 Å². The predicted molar refractivity (Wildman–Crippen MR) is 73.6 cm³/mol.